The van der Waals surface area contributed by atoms with E-state index in [4.69, 9.17) is 0 Å². The summed E-state index contributed by atoms with van der Waals surface area (Å²) in [4.78, 5) is 17.4. The van der Waals surface area contributed by atoms with Crippen molar-refractivity contribution < 1.29 is 4.79 Å². The maximum absolute atomic E-state index is 12.6. The Bertz CT molecular complexity index is 554. The van der Waals surface area contributed by atoms with Crippen LogP contribution in [0.5, 0.6) is 0 Å². The molecular formula is C20H31N3O. The van der Waals surface area contributed by atoms with Crippen molar-refractivity contribution in [1.82, 2.24) is 15.1 Å². The Morgan fingerprint density at radius 3 is 2.54 bits per heavy atom. The number of fused-ring (bicyclic) bond motifs is 1. The number of amides is 1. The third-order valence-electron chi connectivity index (χ3n) is 5.46. The third kappa shape index (κ3) is 4.37. The molecule has 1 N–H and O–H groups in total. The highest BCUT2D eigenvalue weighted by Crippen LogP contribution is 2.20. The van der Waals surface area contributed by atoms with Gasteiger partial charge in [0, 0.05) is 25.7 Å². The maximum Gasteiger partial charge on any atom is 0.237 e. The van der Waals surface area contributed by atoms with Crippen LogP contribution in [0.4, 0.5) is 0 Å². The van der Waals surface area contributed by atoms with Crippen molar-refractivity contribution in [3.05, 3.63) is 35.4 Å². The smallest absolute Gasteiger partial charge is 0.237 e. The predicted molar refractivity (Wildman–Crippen MR) is 97.9 cm³/mol. The molecule has 1 fully saturated rings. The Balaban J connectivity index is 1.49. The normalized spacial score (nSPS) is 21.8. The Hall–Kier alpha value is -1.39. The quantitative estimate of drug-likeness (QED) is 0.901. The van der Waals surface area contributed by atoms with Crippen molar-refractivity contribution >= 4 is 5.91 Å². The van der Waals surface area contributed by atoms with Gasteiger partial charge in [-0.3, -0.25) is 9.69 Å². The number of nitrogens with one attached hydrogen (secondary N) is 1. The molecule has 2 aliphatic rings. The van der Waals surface area contributed by atoms with E-state index in [1.165, 1.54) is 43.5 Å². The topological polar surface area (TPSA) is 35.6 Å². The number of piperidine rings is 1. The van der Waals surface area contributed by atoms with Gasteiger partial charge in [-0.05, 0) is 57.3 Å². The van der Waals surface area contributed by atoms with Crippen LogP contribution < -0.4 is 5.32 Å². The molecule has 2 heterocycles. The fourth-order valence-corrected chi connectivity index (χ4v) is 3.95. The molecule has 2 unspecified atom stereocenters. The Morgan fingerprint density at radius 1 is 1.08 bits per heavy atom. The highest BCUT2D eigenvalue weighted by Gasteiger charge is 2.26. The molecule has 0 aromatic heterocycles. The van der Waals surface area contributed by atoms with E-state index >= 15 is 0 Å². The first-order valence-electron chi connectivity index (χ1n) is 9.47. The standard InChI is InChI=1S/C20H31N3O/c1-16(14-22-11-6-3-7-12-22)21-20(24)17(2)23-13-10-18-8-4-5-9-19(18)15-23/h4-5,8-9,16-17H,3,6-7,10-15H2,1-2H3,(H,21,24). The van der Waals surface area contributed by atoms with Crippen molar-refractivity contribution in [3.8, 4) is 0 Å². The monoisotopic (exact) mass is 329 g/mol. The fourth-order valence-electron chi connectivity index (χ4n) is 3.95. The minimum Gasteiger partial charge on any atom is -0.351 e. The van der Waals surface area contributed by atoms with Gasteiger partial charge in [-0.15, -0.1) is 0 Å². The highest BCUT2D eigenvalue weighted by molar-refractivity contribution is 5.81. The van der Waals surface area contributed by atoms with Gasteiger partial charge >= 0.3 is 0 Å². The van der Waals surface area contributed by atoms with E-state index in [-0.39, 0.29) is 18.0 Å². The third-order valence-corrected chi connectivity index (χ3v) is 5.46. The van der Waals surface area contributed by atoms with Gasteiger partial charge in [0.05, 0.1) is 6.04 Å². The Kier molecular flexibility index (Phi) is 5.90. The van der Waals surface area contributed by atoms with E-state index in [0.717, 1.165) is 26.1 Å². The molecule has 132 valence electrons. The molecule has 4 heteroatoms. The van der Waals surface area contributed by atoms with E-state index in [9.17, 15) is 4.79 Å². The molecule has 0 radical (unpaired) electrons. The molecule has 0 aliphatic carbocycles. The minimum absolute atomic E-state index is 0.0674. The molecule has 1 aromatic rings. The largest absolute Gasteiger partial charge is 0.351 e. The molecule has 24 heavy (non-hydrogen) atoms. The van der Waals surface area contributed by atoms with Crippen LogP contribution in [0, 0.1) is 0 Å². The maximum atomic E-state index is 12.6. The summed E-state index contributed by atoms with van der Waals surface area (Å²) in [7, 11) is 0. The summed E-state index contributed by atoms with van der Waals surface area (Å²) in [6, 6.07) is 8.74. The van der Waals surface area contributed by atoms with E-state index in [2.05, 4.69) is 46.3 Å². The number of carbonyl (C=O) groups is 1. The SMILES string of the molecule is CC(CN1CCCCC1)NC(=O)C(C)N1CCc2ccccc2C1. The van der Waals surface area contributed by atoms with Crippen molar-refractivity contribution in [3.63, 3.8) is 0 Å². The van der Waals surface area contributed by atoms with Gasteiger partial charge in [0.15, 0.2) is 0 Å². The lowest BCUT2D eigenvalue weighted by Crippen LogP contribution is -2.51. The lowest BCUT2D eigenvalue weighted by atomic mass is 9.98. The number of carbonyl (C=O) groups excluding carboxylic acids is 1. The summed E-state index contributed by atoms with van der Waals surface area (Å²) in [5, 5.41) is 3.23. The van der Waals surface area contributed by atoms with E-state index in [0.29, 0.717) is 0 Å². The summed E-state index contributed by atoms with van der Waals surface area (Å²) >= 11 is 0. The Morgan fingerprint density at radius 2 is 1.79 bits per heavy atom. The zero-order valence-electron chi connectivity index (χ0n) is 15.1. The first-order chi connectivity index (χ1) is 11.6. The summed E-state index contributed by atoms with van der Waals surface area (Å²) in [6.45, 7) is 9.34. The average molecular weight is 329 g/mol. The molecule has 1 amide bonds. The number of benzene rings is 1. The van der Waals surface area contributed by atoms with Crippen LogP contribution in [-0.2, 0) is 17.8 Å². The van der Waals surface area contributed by atoms with E-state index in [1.807, 2.05) is 6.92 Å². The van der Waals surface area contributed by atoms with Gasteiger partial charge in [-0.1, -0.05) is 30.7 Å². The molecule has 2 atom stereocenters. The van der Waals surface area contributed by atoms with Crippen LogP contribution in [-0.4, -0.2) is 54.0 Å². The molecule has 1 aromatic carbocycles. The van der Waals surface area contributed by atoms with Crippen molar-refractivity contribution in [2.24, 2.45) is 0 Å². The summed E-state index contributed by atoms with van der Waals surface area (Å²) in [6.07, 6.45) is 4.98. The molecule has 0 saturated carbocycles. The van der Waals surface area contributed by atoms with Gasteiger partial charge in [0.2, 0.25) is 5.91 Å². The van der Waals surface area contributed by atoms with Crippen molar-refractivity contribution in [1.29, 1.82) is 0 Å². The summed E-state index contributed by atoms with van der Waals surface area (Å²) in [5.74, 6) is 0.166. The zero-order valence-corrected chi connectivity index (χ0v) is 15.1. The molecule has 4 nitrogen and oxygen atoms in total. The molecule has 0 bridgehead atoms. The number of rotatable bonds is 5. The lowest BCUT2D eigenvalue weighted by Gasteiger charge is -2.34. The Labute approximate surface area is 146 Å². The van der Waals surface area contributed by atoms with Crippen LogP contribution in [0.15, 0.2) is 24.3 Å². The average Bonchev–Trinajstić information content (AvgIpc) is 2.61. The molecule has 1 saturated heterocycles. The van der Waals surface area contributed by atoms with Gasteiger partial charge in [0.25, 0.3) is 0 Å². The van der Waals surface area contributed by atoms with E-state index in [1.54, 1.807) is 0 Å². The minimum atomic E-state index is -0.0674. The molecule has 0 spiro atoms. The zero-order chi connectivity index (χ0) is 16.9. The van der Waals surface area contributed by atoms with E-state index < -0.39 is 0 Å². The molecule has 2 aliphatic heterocycles. The first kappa shape index (κ1) is 17.4. The van der Waals surface area contributed by atoms with Gasteiger partial charge in [-0.2, -0.15) is 0 Å². The van der Waals surface area contributed by atoms with Crippen LogP contribution in [0.1, 0.15) is 44.2 Å². The van der Waals surface area contributed by atoms with Gasteiger partial charge in [-0.25, -0.2) is 0 Å². The van der Waals surface area contributed by atoms with Crippen LogP contribution in [0.2, 0.25) is 0 Å². The fraction of sp³-hybridized carbons (Fsp3) is 0.650. The van der Waals surface area contributed by atoms with Crippen molar-refractivity contribution in [2.45, 2.75) is 58.2 Å². The first-order valence-corrected chi connectivity index (χ1v) is 9.47. The highest BCUT2D eigenvalue weighted by atomic mass is 16.2. The number of hydrogen-bond donors (Lipinski definition) is 1. The second-order valence-electron chi connectivity index (χ2n) is 7.44. The predicted octanol–water partition coefficient (Wildman–Crippen LogP) is 2.42. The second-order valence-corrected chi connectivity index (χ2v) is 7.44. The summed E-state index contributed by atoms with van der Waals surface area (Å²) < 4.78 is 0. The number of hydrogen-bond acceptors (Lipinski definition) is 3. The van der Waals surface area contributed by atoms with Crippen LogP contribution in [0.25, 0.3) is 0 Å². The van der Waals surface area contributed by atoms with Crippen LogP contribution >= 0.6 is 0 Å². The molecule has 3 rings (SSSR count). The lowest BCUT2D eigenvalue weighted by molar-refractivity contribution is -0.127. The second kappa shape index (κ2) is 8.13. The van der Waals surface area contributed by atoms with Gasteiger partial charge in [0.1, 0.15) is 0 Å². The van der Waals surface area contributed by atoms with Crippen LogP contribution in [0.3, 0.4) is 0 Å². The number of likely N-dealkylation sites (tertiary alicyclic amines) is 1. The van der Waals surface area contributed by atoms with Gasteiger partial charge < -0.3 is 10.2 Å². The number of nitrogens with zero attached hydrogens (tertiary/aromatic N) is 2. The molecular weight excluding hydrogens is 298 g/mol. The summed E-state index contributed by atoms with van der Waals surface area (Å²) in [5.41, 5.74) is 2.80. The van der Waals surface area contributed by atoms with Crippen molar-refractivity contribution in [2.75, 3.05) is 26.2 Å².